The number of benzene rings is 1. The Bertz CT molecular complexity index is 459. The SMILES string of the molecule is CCN1CCCC1CNc1ccc(C)cc1C(N)=S. The van der Waals surface area contributed by atoms with Crippen LogP contribution in [0.5, 0.6) is 0 Å². The van der Waals surface area contributed by atoms with E-state index in [9.17, 15) is 0 Å². The van der Waals surface area contributed by atoms with Crippen molar-refractivity contribution >= 4 is 22.9 Å². The molecule has 104 valence electrons. The van der Waals surface area contributed by atoms with Crippen molar-refractivity contribution in [3.8, 4) is 0 Å². The summed E-state index contributed by atoms with van der Waals surface area (Å²) in [6.45, 7) is 7.60. The van der Waals surface area contributed by atoms with Gasteiger partial charge < -0.3 is 11.1 Å². The zero-order valence-corrected chi connectivity index (χ0v) is 12.6. The van der Waals surface area contributed by atoms with Gasteiger partial charge in [-0.2, -0.15) is 0 Å². The molecule has 0 aliphatic carbocycles. The summed E-state index contributed by atoms with van der Waals surface area (Å²) in [5, 5.41) is 3.52. The number of hydrogen-bond donors (Lipinski definition) is 2. The number of hydrogen-bond acceptors (Lipinski definition) is 3. The second-order valence-electron chi connectivity index (χ2n) is 5.22. The van der Waals surface area contributed by atoms with E-state index in [0.29, 0.717) is 11.0 Å². The fraction of sp³-hybridized carbons (Fsp3) is 0.533. The Morgan fingerprint density at radius 2 is 2.32 bits per heavy atom. The van der Waals surface area contributed by atoms with Gasteiger partial charge in [-0.05, 0) is 45.0 Å². The van der Waals surface area contributed by atoms with Gasteiger partial charge in [0.2, 0.25) is 0 Å². The number of aryl methyl sites for hydroxylation is 1. The first-order chi connectivity index (χ1) is 9.11. The van der Waals surface area contributed by atoms with E-state index in [1.165, 1.54) is 24.9 Å². The van der Waals surface area contributed by atoms with Crippen LogP contribution in [0.15, 0.2) is 18.2 Å². The molecule has 3 N–H and O–H groups in total. The van der Waals surface area contributed by atoms with Gasteiger partial charge in [-0.1, -0.05) is 30.8 Å². The summed E-state index contributed by atoms with van der Waals surface area (Å²) in [6, 6.07) is 6.85. The molecule has 1 unspecified atom stereocenters. The standard InChI is InChI=1S/C15H23N3S/c1-3-18-8-4-5-12(18)10-17-14-7-6-11(2)9-13(14)15(16)19/h6-7,9,12,17H,3-5,8,10H2,1-2H3,(H2,16,19). The second kappa shape index (κ2) is 6.35. The van der Waals surface area contributed by atoms with Crippen molar-refractivity contribution in [3.63, 3.8) is 0 Å². The van der Waals surface area contributed by atoms with Gasteiger partial charge in [0.1, 0.15) is 4.99 Å². The predicted molar refractivity (Wildman–Crippen MR) is 85.8 cm³/mol. The summed E-state index contributed by atoms with van der Waals surface area (Å²) in [5.41, 5.74) is 9.00. The number of likely N-dealkylation sites (tertiary alicyclic amines) is 1. The summed E-state index contributed by atoms with van der Waals surface area (Å²) in [5.74, 6) is 0. The smallest absolute Gasteiger partial charge is 0.106 e. The van der Waals surface area contributed by atoms with Crippen molar-refractivity contribution in [1.82, 2.24) is 4.90 Å². The highest BCUT2D eigenvalue weighted by Gasteiger charge is 2.22. The summed E-state index contributed by atoms with van der Waals surface area (Å²) >= 11 is 5.13. The highest BCUT2D eigenvalue weighted by molar-refractivity contribution is 7.80. The van der Waals surface area contributed by atoms with Crippen molar-refractivity contribution < 1.29 is 0 Å². The Hall–Kier alpha value is -1.13. The lowest BCUT2D eigenvalue weighted by Gasteiger charge is -2.24. The van der Waals surface area contributed by atoms with Crippen LogP contribution in [-0.4, -0.2) is 35.6 Å². The molecule has 0 aromatic heterocycles. The second-order valence-corrected chi connectivity index (χ2v) is 5.66. The van der Waals surface area contributed by atoms with Crippen LogP contribution in [0.25, 0.3) is 0 Å². The van der Waals surface area contributed by atoms with Gasteiger partial charge in [0.25, 0.3) is 0 Å². The molecule has 1 aliphatic rings. The highest BCUT2D eigenvalue weighted by Crippen LogP contribution is 2.20. The first-order valence-corrected chi connectivity index (χ1v) is 7.41. The normalized spacial score (nSPS) is 19.6. The average molecular weight is 277 g/mol. The quantitative estimate of drug-likeness (QED) is 0.812. The molecule has 0 amide bonds. The Morgan fingerprint density at radius 3 is 3.00 bits per heavy atom. The molecule has 2 rings (SSSR count). The van der Waals surface area contributed by atoms with Crippen LogP contribution in [-0.2, 0) is 0 Å². The number of rotatable bonds is 5. The number of nitrogens with zero attached hydrogens (tertiary/aromatic N) is 1. The van der Waals surface area contributed by atoms with Crippen molar-refractivity contribution in [2.45, 2.75) is 32.7 Å². The maximum atomic E-state index is 5.80. The molecule has 0 bridgehead atoms. The summed E-state index contributed by atoms with van der Waals surface area (Å²) in [4.78, 5) is 2.99. The molecule has 0 spiro atoms. The van der Waals surface area contributed by atoms with Gasteiger partial charge in [0.05, 0.1) is 0 Å². The molecule has 1 heterocycles. The van der Waals surface area contributed by atoms with E-state index in [1.807, 2.05) is 0 Å². The molecule has 1 aromatic rings. The lowest BCUT2D eigenvalue weighted by atomic mass is 10.1. The minimum atomic E-state index is 0.463. The average Bonchev–Trinajstić information content (AvgIpc) is 2.84. The van der Waals surface area contributed by atoms with Crippen LogP contribution in [0.1, 0.15) is 30.9 Å². The molecule has 0 saturated carbocycles. The maximum absolute atomic E-state index is 5.80. The van der Waals surface area contributed by atoms with Gasteiger partial charge in [-0.15, -0.1) is 0 Å². The minimum absolute atomic E-state index is 0.463. The van der Waals surface area contributed by atoms with Gasteiger partial charge >= 0.3 is 0 Å². The molecule has 1 aromatic carbocycles. The van der Waals surface area contributed by atoms with Crippen molar-refractivity contribution in [2.75, 3.05) is 25.0 Å². The number of nitrogens with two attached hydrogens (primary N) is 1. The van der Waals surface area contributed by atoms with Crippen molar-refractivity contribution in [2.24, 2.45) is 5.73 Å². The third kappa shape index (κ3) is 3.45. The van der Waals surface area contributed by atoms with E-state index >= 15 is 0 Å². The third-order valence-electron chi connectivity index (χ3n) is 3.87. The summed E-state index contributed by atoms with van der Waals surface area (Å²) in [6.07, 6.45) is 2.57. The van der Waals surface area contributed by atoms with E-state index in [2.05, 4.69) is 42.3 Å². The maximum Gasteiger partial charge on any atom is 0.106 e. The van der Waals surface area contributed by atoms with Crippen molar-refractivity contribution in [1.29, 1.82) is 0 Å². The van der Waals surface area contributed by atoms with Crippen LogP contribution >= 0.6 is 12.2 Å². The fourth-order valence-electron chi connectivity index (χ4n) is 2.79. The first-order valence-electron chi connectivity index (χ1n) is 7.00. The first kappa shape index (κ1) is 14.3. The molecular formula is C15H23N3S. The van der Waals surface area contributed by atoms with Crippen molar-refractivity contribution in [3.05, 3.63) is 29.3 Å². The lowest BCUT2D eigenvalue weighted by molar-refractivity contribution is 0.277. The van der Waals surface area contributed by atoms with Gasteiger partial charge in [0, 0.05) is 23.8 Å². The van der Waals surface area contributed by atoms with E-state index in [-0.39, 0.29) is 0 Å². The molecule has 4 heteroatoms. The van der Waals surface area contributed by atoms with Crippen LogP contribution in [0.3, 0.4) is 0 Å². The van der Waals surface area contributed by atoms with Gasteiger partial charge in [-0.3, -0.25) is 4.90 Å². The molecule has 19 heavy (non-hydrogen) atoms. The Balaban J connectivity index is 2.05. The van der Waals surface area contributed by atoms with Gasteiger partial charge in [-0.25, -0.2) is 0 Å². The van der Waals surface area contributed by atoms with Crippen LogP contribution in [0.2, 0.25) is 0 Å². The number of nitrogens with one attached hydrogen (secondary N) is 1. The summed E-state index contributed by atoms with van der Waals surface area (Å²) in [7, 11) is 0. The molecular weight excluding hydrogens is 254 g/mol. The fourth-order valence-corrected chi connectivity index (χ4v) is 2.96. The molecule has 1 atom stereocenters. The van der Waals surface area contributed by atoms with Crippen LogP contribution in [0, 0.1) is 6.92 Å². The number of likely N-dealkylation sites (N-methyl/N-ethyl adjacent to an activating group) is 1. The Kier molecular flexibility index (Phi) is 4.77. The van der Waals surface area contributed by atoms with E-state index in [0.717, 1.165) is 24.3 Å². The minimum Gasteiger partial charge on any atom is -0.389 e. The molecule has 1 aliphatic heterocycles. The number of anilines is 1. The predicted octanol–water partition coefficient (Wildman–Crippen LogP) is 2.53. The van der Waals surface area contributed by atoms with Gasteiger partial charge in [0.15, 0.2) is 0 Å². The van der Waals surface area contributed by atoms with E-state index in [1.54, 1.807) is 0 Å². The lowest BCUT2D eigenvalue weighted by Crippen LogP contribution is -2.35. The van der Waals surface area contributed by atoms with E-state index < -0.39 is 0 Å². The Labute approximate surface area is 121 Å². The monoisotopic (exact) mass is 277 g/mol. The third-order valence-corrected chi connectivity index (χ3v) is 4.09. The van der Waals surface area contributed by atoms with E-state index in [4.69, 9.17) is 18.0 Å². The zero-order valence-electron chi connectivity index (χ0n) is 11.8. The molecule has 1 fully saturated rings. The topological polar surface area (TPSA) is 41.3 Å². The molecule has 1 saturated heterocycles. The zero-order chi connectivity index (χ0) is 13.8. The summed E-state index contributed by atoms with van der Waals surface area (Å²) < 4.78 is 0. The number of thiocarbonyl (C=S) groups is 1. The highest BCUT2D eigenvalue weighted by atomic mass is 32.1. The van der Waals surface area contributed by atoms with Crippen LogP contribution in [0.4, 0.5) is 5.69 Å². The van der Waals surface area contributed by atoms with Crippen LogP contribution < -0.4 is 11.1 Å². The largest absolute Gasteiger partial charge is 0.389 e. The molecule has 3 nitrogen and oxygen atoms in total. The Morgan fingerprint density at radius 1 is 1.53 bits per heavy atom. The molecule has 0 radical (unpaired) electrons.